The summed E-state index contributed by atoms with van der Waals surface area (Å²) < 4.78 is 10.9. The third kappa shape index (κ3) is 3.90. The minimum atomic E-state index is -0.199. The number of benzene rings is 1. The van der Waals surface area contributed by atoms with Gasteiger partial charge in [0.2, 0.25) is 5.91 Å². The molecular formula is C19H28N2O3. The zero-order valence-electron chi connectivity index (χ0n) is 14.5. The molecule has 1 aliphatic heterocycles. The van der Waals surface area contributed by atoms with Crippen LogP contribution in [0.15, 0.2) is 18.2 Å². The van der Waals surface area contributed by atoms with Gasteiger partial charge in [0.05, 0.1) is 19.1 Å². The molecule has 0 radical (unpaired) electrons. The molecule has 1 aliphatic carbocycles. The maximum atomic E-state index is 12.9. The van der Waals surface area contributed by atoms with Gasteiger partial charge in [0.15, 0.2) is 0 Å². The van der Waals surface area contributed by atoms with Crippen LogP contribution in [0.5, 0.6) is 5.75 Å². The Labute approximate surface area is 144 Å². The van der Waals surface area contributed by atoms with Crippen molar-refractivity contribution >= 4 is 5.91 Å². The Morgan fingerprint density at radius 3 is 2.92 bits per heavy atom. The Hall–Kier alpha value is -1.59. The first-order valence-electron chi connectivity index (χ1n) is 8.98. The van der Waals surface area contributed by atoms with E-state index >= 15 is 0 Å². The molecule has 24 heavy (non-hydrogen) atoms. The van der Waals surface area contributed by atoms with Crippen molar-refractivity contribution in [1.82, 2.24) is 4.90 Å². The number of methoxy groups -OCH3 is 1. The molecule has 0 aromatic heterocycles. The second-order valence-electron chi connectivity index (χ2n) is 6.80. The molecule has 2 N–H and O–H groups in total. The maximum Gasteiger partial charge on any atom is 0.225 e. The Bertz CT molecular complexity index is 566. The van der Waals surface area contributed by atoms with Crippen molar-refractivity contribution in [3.8, 4) is 5.75 Å². The van der Waals surface area contributed by atoms with E-state index in [1.165, 1.54) is 24.0 Å². The summed E-state index contributed by atoms with van der Waals surface area (Å²) in [6.07, 6.45) is 5.72. The molecule has 132 valence electrons. The zero-order chi connectivity index (χ0) is 16.9. The van der Waals surface area contributed by atoms with Crippen LogP contribution in [0.2, 0.25) is 0 Å². The van der Waals surface area contributed by atoms with Crippen LogP contribution >= 0.6 is 0 Å². The van der Waals surface area contributed by atoms with E-state index in [0.717, 1.165) is 31.6 Å². The van der Waals surface area contributed by atoms with E-state index in [9.17, 15) is 4.79 Å². The Balaban J connectivity index is 1.73. The number of nitrogens with zero attached hydrogens (tertiary/aromatic N) is 1. The molecule has 1 unspecified atom stereocenters. The van der Waals surface area contributed by atoms with E-state index in [-0.39, 0.29) is 12.0 Å². The highest BCUT2D eigenvalue weighted by Crippen LogP contribution is 2.29. The SMILES string of the molecule is COC(CN)CC(=O)N(Cc1ccc2c(c1)CCO2)C1CCCC1. The highest BCUT2D eigenvalue weighted by Gasteiger charge is 2.28. The quantitative estimate of drug-likeness (QED) is 0.832. The lowest BCUT2D eigenvalue weighted by molar-refractivity contribution is -0.136. The number of ether oxygens (including phenoxy) is 2. The van der Waals surface area contributed by atoms with Crippen LogP contribution in [0.4, 0.5) is 0 Å². The molecule has 2 aliphatic rings. The molecule has 1 aromatic carbocycles. The van der Waals surface area contributed by atoms with Crippen LogP contribution in [0.3, 0.4) is 0 Å². The number of fused-ring (bicyclic) bond motifs is 1. The molecule has 1 fully saturated rings. The van der Waals surface area contributed by atoms with E-state index in [0.29, 0.717) is 25.6 Å². The van der Waals surface area contributed by atoms with Crippen molar-refractivity contribution in [1.29, 1.82) is 0 Å². The minimum Gasteiger partial charge on any atom is -0.493 e. The second-order valence-corrected chi connectivity index (χ2v) is 6.80. The van der Waals surface area contributed by atoms with Gasteiger partial charge in [-0.2, -0.15) is 0 Å². The summed E-state index contributed by atoms with van der Waals surface area (Å²) in [6, 6.07) is 6.65. The molecule has 1 saturated carbocycles. The molecule has 5 nitrogen and oxygen atoms in total. The van der Waals surface area contributed by atoms with Crippen molar-refractivity contribution in [2.45, 2.75) is 57.2 Å². The fourth-order valence-corrected chi connectivity index (χ4v) is 3.75. The van der Waals surface area contributed by atoms with E-state index in [1.54, 1.807) is 7.11 Å². The summed E-state index contributed by atoms with van der Waals surface area (Å²) in [6.45, 7) is 1.80. The van der Waals surface area contributed by atoms with Gasteiger partial charge in [-0.05, 0) is 30.0 Å². The van der Waals surface area contributed by atoms with Crippen LogP contribution in [-0.4, -0.2) is 43.2 Å². The normalized spacial score (nSPS) is 18.2. The summed E-state index contributed by atoms with van der Waals surface area (Å²) >= 11 is 0. The molecule has 0 bridgehead atoms. The standard InChI is InChI=1S/C19H28N2O3/c1-23-17(12-20)11-19(22)21(16-4-2-3-5-16)13-14-6-7-18-15(10-14)8-9-24-18/h6-7,10,16-17H,2-5,8-9,11-13,20H2,1H3. The first-order valence-corrected chi connectivity index (χ1v) is 8.98. The molecule has 3 rings (SSSR count). The van der Waals surface area contributed by atoms with Gasteiger partial charge in [0.1, 0.15) is 5.75 Å². The summed E-state index contributed by atoms with van der Waals surface area (Å²) in [5.74, 6) is 1.14. The number of hydrogen-bond acceptors (Lipinski definition) is 4. The number of carbonyl (C=O) groups excluding carboxylic acids is 1. The van der Waals surface area contributed by atoms with Gasteiger partial charge in [0, 0.05) is 32.7 Å². The topological polar surface area (TPSA) is 64.8 Å². The highest BCUT2D eigenvalue weighted by molar-refractivity contribution is 5.77. The van der Waals surface area contributed by atoms with Crippen molar-refractivity contribution in [2.24, 2.45) is 5.73 Å². The van der Waals surface area contributed by atoms with Gasteiger partial charge in [0.25, 0.3) is 0 Å². The minimum absolute atomic E-state index is 0.149. The molecule has 1 amide bonds. The molecular weight excluding hydrogens is 304 g/mol. The van der Waals surface area contributed by atoms with Crippen LogP contribution in [-0.2, 0) is 22.5 Å². The predicted molar refractivity (Wildman–Crippen MR) is 92.9 cm³/mol. The van der Waals surface area contributed by atoms with Gasteiger partial charge < -0.3 is 20.1 Å². The Morgan fingerprint density at radius 1 is 1.42 bits per heavy atom. The first-order chi connectivity index (χ1) is 11.7. The zero-order valence-corrected chi connectivity index (χ0v) is 14.5. The van der Waals surface area contributed by atoms with E-state index in [4.69, 9.17) is 15.2 Å². The van der Waals surface area contributed by atoms with Crippen LogP contribution in [0.25, 0.3) is 0 Å². The highest BCUT2D eigenvalue weighted by atomic mass is 16.5. The van der Waals surface area contributed by atoms with Crippen molar-refractivity contribution in [2.75, 3.05) is 20.3 Å². The van der Waals surface area contributed by atoms with Crippen LogP contribution < -0.4 is 10.5 Å². The number of nitrogens with two attached hydrogens (primary N) is 1. The third-order valence-electron chi connectivity index (χ3n) is 5.19. The summed E-state index contributed by atoms with van der Waals surface area (Å²) in [5, 5.41) is 0. The average Bonchev–Trinajstić information content (AvgIpc) is 3.28. The van der Waals surface area contributed by atoms with Gasteiger partial charge in [-0.15, -0.1) is 0 Å². The lowest BCUT2D eigenvalue weighted by Crippen LogP contribution is -2.41. The van der Waals surface area contributed by atoms with Crippen molar-refractivity contribution < 1.29 is 14.3 Å². The van der Waals surface area contributed by atoms with Gasteiger partial charge in [-0.3, -0.25) is 4.79 Å². The van der Waals surface area contributed by atoms with Gasteiger partial charge >= 0.3 is 0 Å². The summed E-state index contributed by atoms with van der Waals surface area (Å²) in [4.78, 5) is 14.9. The fourth-order valence-electron chi connectivity index (χ4n) is 3.75. The van der Waals surface area contributed by atoms with Gasteiger partial charge in [-0.1, -0.05) is 25.0 Å². The molecule has 1 heterocycles. The number of hydrogen-bond donors (Lipinski definition) is 1. The molecule has 1 aromatic rings. The van der Waals surface area contributed by atoms with E-state index in [1.807, 2.05) is 11.0 Å². The average molecular weight is 332 g/mol. The van der Waals surface area contributed by atoms with E-state index in [2.05, 4.69) is 12.1 Å². The molecule has 0 spiro atoms. The first kappa shape index (κ1) is 17.2. The molecule has 1 atom stereocenters. The summed E-state index contributed by atoms with van der Waals surface area (Å²) in [5.41, 5.74) is 8.12. The maximum absolute atomic E-state index is 12.9. The predicted octanol–water partition coefficient (Wildman–Crippen LogP) is 2.26. The second kappa shape index (κ2) is 7.99. The molecule has 0 saturated heterocycles. The fraction of sp³-hybridized carbons (Fsp3) is 0.632. The van der Waals surface area contributed by atoms with Crippen LogP contribution in [0.1, 0.15) is 43.2 Å². The monoisotopic (exact) mass is 332 g/mol. The van der Waals surface area contributed by atoms with E-state index < -0.39 is 0 Å². The Morgan fingerprint density at radius 2 is 2.21 bits per heavy atom. The number of rotatable bonds is 7. The summed E-state index contributed by atoms with van der Waals surface area (Å²) in [7, 11) is 1.62. The van der Waals surface area contributed by atoms with Crippen molar-refractivity contribution in [3.63, 3.8) is 0 Å². The molecule has 5 heteroatoms. The van der Waals surface area contributed by atoms with Crippen molar-refractivity contribution in [3.05, 3.63) is 29.3 Å². The Kier molecular flexibility index (Phi) is 5.74. The lowest BCUT2D eigenvalue weighted by atomic mass is 10.1. The van der Waals surface area contributed by atoms with Crippen LogP contribution in [0, 0.1) is 0 Å². The number of carbonyl (C=O) groups is 1. The largest absolute Gasteiger partial charge is 0.493 e. The van der Waals surface area contributed by atoms with Gasteiger partial charge in [-0.25, -0.2) is 0 Å². The lowest BCUT2D eigenvalue weighted by Gasteiger charge is -2.30. The smallest absolute Gasteiger partial charge is 0.225 e. The number of amides is 1. The third-order valence-corrected chi connectivity index (χ3v) is 5.19.